The van der Waals surface area contributed by atoms with E-state index in [0.717, 1.165) is 5.56 Å². The van der Waals surface area contributed by atoms with Gasteiger partial charge in [0.15, 0.2) is 0 Å². The first kappa shape index (κ1) is 21.3. The fraction of sp³-hybridized carbons (Fsp3) is 0.0417. The van der Waals surface area contributed by atoms with Crippen LogP contribution in [0.25, 0.3) is 22.2 Å². The van der Waals surface area contributed by atoms with Crippen LogP contribution in [0.3, 0.4) is 0 Å². The van der Waals surface area contributed by atoms with E-state index in [-0.39, 0.29) is 5.91 Å². The molecule has 154 valence electrons. The summed E-state index contributed by atoms with van der Waals surface area (Å²) in [5.41, 5.74) is 6.54. The van der Waals surface area contributed by atoms with Crippen LogP contribution in [0.1, 0.15) is 22.8 Å². The third-order valence-electron chi connectivity index (χ3n) is 4.76. The summed E-state index contributed by atoms with van der Waals surface area (Å²) in [6, 6.07) is 21.5. The summed E-state index contributed by atoms with van der Waals surface area (Å²) >= 11 is 18.3. The van der Waals surface area contributed by atoms with Crippen molar-refractivity contribution in [3.63, 3.8) is 0 Å². The molecule has 0 aliphatic rings. The van der Waals surface area contributed by atoms with Crippen molar-refractivity contribution < 1.29 is 4.79 Å². The minimum Gasteiger partial charge on any atom is -0.267 e. The number of hydrazone groups is 1. The Bertz CT molecular complexity index is 1320. The van der Waals surface area contributed by atoms with Crippen LogP contribution in [-0.2, 0) is 0 Å². The number of carbonyl (C=O) groups is 1. The van der Waals surface area contributed by atoms with Crippen molar-refractivity contribution in [3.05, 3.63) is 99.0 Å². The Morgan fingerprint density at radius 2 is 1.61 bits per heavy atom. The highest BCUT2D eigenvalue weighted by molar-refractivity contribution is 6.36. The van der Waals surface area contributed by atoms with E-state index in [2.05, 4.69) is 15.5 Å². The Hall–Kier alpha value is -2.92. The van der Waals surface area contributed by atoms with Crippen LogP contribution >= 0.6 is 34.8 Å². The number of nitrogens with one attached hydrogen (secondary N) is 1. The molecular formula is C24H16Cl3N3O. The van der Waals surface area contributed by atoms with Gasteiger partial charge in [0.25, 0.3) is 5.91 Å². The second kappa shape index (κ2) is 9.06. The van der Waals surface area contributed by atoms with Crippen molar-refractivity contribution in [2.24, 2.45) is 5.10 Å². The molecule has 4 nitrogen and oxygen atoms in total. The molecule has 1 heterocycles. The molecule has 0 atom stereocenters. The number of amides is 1. The van der Waals surface area contributed by atoms with Crippen molar-refractivity contribution in [1.82, 2.24) is 10.4 Å². The van der Waals surface area contributed by atoms with Gasteiger partial charge in [-0.1, -0.05) is 65.1 Å². The number of benzene rings is 3. The van der Waals surface area contributed by atoms with Gasteiger partial charge < -0.3 is 0 Å². The molecule has 1 aromatic heterocycles. The number of nitrogens with zero attached hydrogens (tertiary/aromatic N) is 2. The first-order valence-corrected chi connectivity index (χ1v) is 10.5. The van der Waals surface area contributed by atoms with E-state index >= 15 is 0 Å². The standard InChI is InChI=1S/C24H16Cl3N3O/c1-14(15-6-8-16(25)9-7-15)29-30-24(31)20-13-23(19-11-10-17(26)12-21(19)27)28-22-5-3-2-4-18(20)22/h2-13H,1H3,(H,30,31)/b29-14+. The topological polar surface area (TPSA) is 54.4 Å². The average Bonchev–Trinajstić information content (AvgIpc) is 2.77. The number of para-hydroxylation sites is 1. The van der Waals surface area contributed by atoms with Crippen LogP contribution in [0.15, 0.2) is 77.9 Å². The Balaban J connectivity index is 1.72. The van der Waals surface area contributed by atoms with Crippen LogP contribution in [0.4, 0.5) is 0 Å². The summed E-state index contributed by atoms with van der Waals surface area (Å²) in [6.07, 6.45) is 0. The quantitative estimate of drug-likeness (QED) is 0.258. The summed E-state index contributed by atoms with van der Waals surface area (Å²) < 4.78 is 0. The summed E-state index contributed by atoms with van der Waals surface area (Å²) in [5, 5.41) is 6.59. The van der Waals surface area contributed by atoms with Crippen molar-refractivity contribution in [3.8, 4) is 11.3 Å². The molecule has 4 rings (SSSR count). The van der Waals surface area contributed by atoms with Crippen molar-refractivity contribution in [2.45, 2.75) is 6.92 Å². The number of pyridine rings is 1. The number of rotatable bonds is 4. The zero-order valence-corrected chi connectivity index (χ0v) is 18.6. The number of hydrogen-bond acceptors (Lipinski definition) is 3. The van der Waals surface area contributed by atoms with E-state index in [4.69, 9.17) is 34.8 Å². The lowest BCUT2D eigenvalue weighted by molar-refractivity contribution is 0.0956. The van der Waals surface area contributed by atoms with Gasteiger partial charge in [0.2, 0.25) is 0 Å². The predicted octanol–water partition coefficient (Wildman–Crippen LogP) is 7.02. The van der Waals surface area contributed by atoms with Crippen LogP contribution in [-0.4, -0.2) is 16.6 Å². The maximum Gasteiger partial charge on any atom is 0.272 e. The van der Waals surface area contributed by atoms with E-state index in [1.807, 2.05) is 43.3 Å². The molecule has 7 heteroatoms. The van der Waals surface area contributed by atoms with Crippen molar-refractivity contribution in [2.75, 3.05) is 0 Å². The second-order valence-electron chi connectivity index (χ2n) is 6.84. The van der Waals surface area contributed by atoms with Gasteiger partial charge in [0, 0.05) is 21.0 Å². The van der Waals surface area contributed by atoms with E-state index in [1.54, 1.807) is 36.4 Å². The Labute approximate surface area is 194 Å². The SMILES string of the molecule is C/C(=N\NC(=O)c1cc(-c2ccc(Cl)cc2Cl)nc2ccccc12)c1ccc(Cl)cc1. The Kier molecular flexibility index (Phi) is 6.23. The molecule has 0 saturated carbocycles. The fourth-order valence-corrected chi connectivity index (χ4v) is 3.78. The highest BCUT2D eigenvalue weighted by atomic mass is 35.5. The molecule has 0 bridgehead atoms. The van der Waals surface area contributed by atoms with Gasteiger partial charge in [0.1, 0.15) is 0 Å². The van der Waals surface area contributed by atoms with Crippen LogP contribution in [0.5, 0.6) is 0 Å². The molecule has 0 aliphatic heterocycles. The smallest absolute Gasteiger partial charge is 0.267 e. The first-order chi connectivity index (χ1) is 14.9. The predicted molar refractivity (Wildman–Crippen MR) is 128 cm³/mol. The molecule has 0 radical (unpaired) electrons. The van der Waals surface area contributed by atoms with Gasteiger partial charge in [-0.15, -0.1) is 0 Å². The average molecular weight is 469 g/mol. The first-order valence-electron chi connectivity index (χ1n) is 9.38. The lowest BCUT2D eigenvalue weighted by Gasteiger charge is -2.10. The van der Waals surface area contributed by atoms with E-state index in [9.17, 15) is 4.79 Å². The van der Waals surface area contributed by atoms with Crippen molar-refractivity contribution >= 4 is 57.3 Å². The monoisotopic (exact) mass is 467 g/mol. The normalized spacial score (nSPS) is 11.5. The lowest BCUT2D eigenvalue weighted by Crippen LogP contribution is -2.20. The van der Waals surface area contributed by atoms with Gasteiger partial charge in [-0.25, -0.2) is 10.4 Å². The summed E-state index contributed by atoms with van der Waals surface area (Å²) in [5.74, 6) is -0.349. The molecule has 0 aliphatic carbocycles. The van der Waals surface area contributed by atoms with Crippen molar-refractivity contribution in [1.29, 1.82) is 0 Å². The van der Waals surface area contributed by atoms with Gasteiger partial charge in [0.05, 0.1) is 27.5 Å². The number of halogens is 3. The molecule has 0 fully saturated rings. The molecule has 31 heavy (non-hydrogen) atoms. The number of aromatic nitrogens is 1. The van der Waals surface area contributed by atoms with Crippen LogP contribution < -0.4 is 5.43 Å². The number of carbonyl (C=O) groups excluding carboxylic acids is 1. The molecule has 0 saturated heterocycles. The number of hydrogen-bond donors (Lipinski definition) is 1. The zero-order chi connectivity index (χ0) is 22.0. The molecular weight excluding hydrogens is 453 g/mol. The second-order valence-corrected chi connectivity index (χ2v) is 8.12. The summed E-state index contributed by atoms with van der Waals surface area (Å²) in [7, 11) is 0. The fourth-order valence-electron chi connectivity index (χ4n) is 3.15. The molecule has 3 aromatic carbocycles. The maximum absolute atomic E-state index is 13.0. The van der Waals surface area contributed by atoms with Crippen LogP contribution in [0.2, 0.25) is 15.1 Å². The highest BCUT2D eigenvalue weighted by Crippen LogP contribution is 2.31. The van der Waals surface area contributed by atoms with Gasteiger partial charge in [-0.05, 0) is 55.0 Å². The molecule has 0 unspecified atom stereocenters. The Morgan fingerprint density at radius 1 is 0.903 bits per heavy atom. The van der Waals surface area contributed by atoms with E-state index in [1.165, 1.54) is 0 Å². The zero-order valence-electron chi connectivity index (χ0n) is 16.4. The van der Waals surface area contributed by atoms with E-state index in [0.29, 0.717) is 48.5 Å². The summed E-state index contributed by atoms with van der Waals surface area (Å²) in [6.45, 7) is 1.81. The number of fused-ring (bicyclic) bond motifs is 1. The van der Waals surface area contributed by atoms with Crippen LogP contribution in [0, 0.1) is 0 Å². The largest absolute Gasteiger partial charge is 0.272 e. The lowest BCUT2D eigenvalue weighted by atomic mass is 10.0. The molecule has 1 N–H and O–H groups in total. The van der Waals surface area contributed by atoms with Gasteiger partial charge >= 0.3 is 0 Å². The highest BCUT2D eigenvalue weighted by Gasteiger charge is 2.15. The van der Waals surface area contributed by atoms with Gasteiger partial charge in [-0.3, -0.25) is 4.79 Å². The van der Waals surface area contributed by atoms with E-state index < -0.39 is 0 Å². The Morgan fingerprint density at radius 3 is 2.35 bits per heavy atom. The maximum atomic E-state index is 13.0. The molecule has 1 amide bonds. The third kappa shape index (κ3) is 4.72. The summed E-state index contributed by atoms with van der Waals surface area (Å²) in [4.78, 5) is 17.7. The third-order valence-corrected chi connectivity index (χ3v) is 5.55. The molecule has 4 aromatic rings. The minimum absolute atomic E-state index is 0.349. The minimum atomic E-state index is -0.349. The van der Waals surface area contributed by atoms with Gasteiger partial charge in [-0.2, -0.15) is 5.10 Å². The molecule has 0 spiro atoms.